The molecule has 5 heteroatoms. The van der Waals surface area contributed by atoms with Gasteiger partial charge in [0.25, 0.3) is 0 Å². The van der Waals surface area contributed by atoms with E-state index in [0.29, 0.717) is 18.1 Å². The third-order valence-corrected chi connectivity index (χ3v) is 3.28. The van der Waals surface area contributed by atoms with Crippen LogP contribution in [0.2, 0.25) is 0 Å². The largest absolute Gasteiger partial charge is 0.505 e. The topological polar surface area (TPSA) is 70.6 Å². The molecule has 1 aromatic rings. The van der Waals surface area contributed by atoms with Crippen molar-refractivity contribution in [2.24, 2.45) is 10.7 Å². The van der Waals surface area contributed by atoms with Crippen LogP contribution in [0.3, 0.4) is 0 Å². The Balaban J connectivity index is 2.19. The van der Waals surface area contributed by atoms with Crippen LogP contribution in [0.5, 0.6) is 5.75 Å². The normalized spacial score (nSPS) is 11.6. The molecule has 4 nitrogen and oxygen atoms in total. The summed E-state index contributed by atoms with van der Waals surface area (Å²) in [5.41, 5.74) is 6.42. The van der Waals surface area contributed by atoms with Crippen molar-refractivity contribution < 1.29 is 9.50 Å². The predicted octanol–water partition coefficient (Wildman–Crippen LogP) is 3.30. The van der Waals surface area contributed by atoms with E-state index in [-0.39, 0.29) is 5.75 Å². The van der Waals surface area contributed by atoms with Gasteiger partial charge in [-0.25, -0.2) is 9.38 Å². The van der Waals surface area contributed by atoms with Gasteiger partial charge in [0, 0.05) is 6.54 Å². The molecule has 0 saturated heterocycles. The molecule has 0 unspecified atom stereocenters. The van der Waals surface area contributed by atoms with Gasteiger partial charge >= 0.3 is 0 Å². The second-order valence-electron chi connectivity index (χ2n) is 5.18. The molecule has 118 valence electrons. The van der Waals surface area contributed by atoms with Gasteiger partial charge in [0.1, 0.15) is 0 Å². The fraction of sp³-hybridized carbons (Fsp3) is 0.562. The molecule has 0 aliphatic rings. The van der Waals surface area contributed by atoms with Crippen LogP contribution in [-0.2, 0) is 6.54 Å². The van der Waals surface area contributed by atoms with E-state index in [9.17, 15) is 4.39 Å². The molecule has 0 radical (unpaired) electrons. The third-order valence-electron chi connectivity index (χ3n) is 3.28. The number of halogens is 1. The van der Waals surface area contributed by atoms with E-state index in [1.54, 1.807) is 6.07 Å². The molecule has 21 heavy (non-hydrogen) atoms. The fourth-order valence-corrected chi connectivity index (χ4v) is 2.00. The second-order valence-corrected chi connectivity index (χ2v) is 5.18. The first-order valence-corrected chi connectivity index (χ1v) is 7.64. The molecule has 0 aliphatic carbocycles. The lowest BCUT2D eigenvalue weighted by Gasteiger charge is -2.06. The van der Waals surface area contributed by atoms with Crippen LogP contribution in [0.25, 0.3) is 0 Å². The quantitative estimate of drug-likeness (QED) is 0.372. The number of nitrogens with zero attached hydrogens (tertiary/aromatic N) is 1. The Labute approximate surface area is 126 Å². The van der Waals surface area contributed by atoms with E-state index in [1.165, 1.54) is 44.2 Å². The predicted molar refractivity (Wildman–Crippen MR) is 84.8 cm³/mol. The first-order valence-electron chi connectivity index (χ1n) is 7.64. The van der Waals surface area contributed by atoms with E-state index in [2.05, 4.69) is 17.2 Å². The summed E-state index contributed by atoms with van der Waals surface area (Å²) in [7, 11) is 0. The Morgan fingerprint density at radius 3 is 2.67 bits per heavy atom. The molecule has 4 N–H and O–H groups in total. The first kappa shape index (κ1) is 17.3. The van der Waals surface area contributed by atoms with Gasteiger partial charge in [-0.3, -0.25) is 0 Å². The van der Waals surface area contributed by atoms with Crippen molar-refractivity contribution >= 4 is 5.96 Å². The maximum atomic E-state index is 13.1. The number of unbranched alkanes of at least 4 members (excludes halogenated alkanes) is 5. The summed E-state index contributed by atoms with van der Waals surface area (Å²) in [5.74, 6) is -0.616. The summed E-state index contributed by atoms with van der Waals surface area (Å²) < 4.78 is 13.1. The van der Waals surface area contributed by atoms with E-state index < -0.39 is 5.82 Å². The van der Waals surface area contributed by atoms with Gasteiger partial charge in [-0.15, -0.1) is 0 Å². The van der Waals surface area contributed by atoms with Crippen LogP contribution in [-0.4, -0.2) is 17.6 Å². The van der Waals surface area contributed by atoms with Gasteiger partial charge in [-0.05, 0) is 24.1 Å². The molecule has 0 amide bonds. The summed E-state index contributed by atoms with van der Waals surface area (Å²) >= 11 is 0. The van der Waals surface area contributed by atoms with E-state index in [0.717, 1.165) is 13.0 Å². The Bertz CT molecular complexity index is 449. The molecule has 0 fully saturated rings. The van der Waals surface area contributed by atoms with E-state index >= 15 is 0 Å². The highest BCUT2D eigenvalue weighted by atomic mass is 19.1. The maximum Gasteiger partial charge on any atom is 0.188 e. The van der Waals surface area contributed by atoms with Gasteiger partial charge in [-0.2, -0.15) is 0 Å². The Hall–Kier alpha value is -1.78. The molecule has 0 saturated carbocycles. The Morgan fingerprint density at radius 1 is 1.24 bits per heavy atom. The smallest absolute Gasteiger partial charge is 0.188 e. The zero-order valence-electron chi connectivity index (χ0n) is 12.7. The van der Waals surface area contributed by atoms with E-state index in [1.807, 2.05) is 0 Å². The highest BCUT2D eigenvalue weighted by molar-refractivity contribution is 5.77. The summed E-state index contributed by atoms with van der Waals surface area (Å²) in [6, 6.07) is 4.21. The molecular weight excluding hydrogens is 269 g/mol. The zero-order valence-corrected chi connectivity index (χ0v) is 12.7. The number of rotatable bonds is 9. The summed E-state index contributed by atoms with van der Waals surface area (Å²) in [4.78, 5) is 4.15. The van der Waals surface area contributed by atoms with Crippen molar-refractivity contribution in [2.45, 2.75) is 52.0 Å². The molecule has 0 aromatic heterocycles. The molecule has 0 aliphatic heterocycles. The second kappa shape index (κ2) is 10.0. The summed E-state index contributed by atoms with van der Waals surface area (Å²) in [6.07, 6.45) is 7.40. The minimum absolute atomic E-state index is 0.298. The van der Waals surface area contributed by atoms with Crippen LogP contribution in [0.1, 0.15) is 51.0 Å². The van der Waals surface area contributed by atoms with Crippen LogP contribution in [0.4, 0.5) is 4.39 Å². The highest BCUT2D eigenvalue weighted by Crippen LogP contribution is 2.16. The number of nitrogens with two attached hydrogens (primary N) is 1. The number of guanidine groups is 1. The number of aliphatic imine (C=N–C) groups is 1. The monoisotopic (exact) mass is 295 g/mol. The Kier molecular flexibility index (Phi) is 8.24. The fourth-order valence-electron chi connectivity index (χ4n) is 2.00. The lowest BCUT2D eigenvalue weighted by Crippen LogP contribution is -2.32. The molecule has 1 rings (SSSR count). The first-order chi connectivity index (χ1) is 10.1. The Morgan fingerprint density at radius 2 is 1.95 bits per heavy atom. The summed E-state index contributed by atoms with van der Waals surface area (Å²) in [6.45, 7) is 3.32. The number of phenolic OH excluding ortho intramolecular Hbond substituents is 1. The number of aromatic hydroxyl groups is 1. The third kappa shape index (κ3) is 7.54. The van der Waals surface area contributed by atoms with Gasteiger partial charge in [0.15, 0.2) is 17.5 Å². The maximum absolute atomic E-state index is 13.1. The van der Waals surface area contributed by atoms with Crippen molar-refractivity contribution in [3.05, 3.63) is 29.6 Å². The average molecular weight is 295 g/mol. The molecule has 0 spiro atoms. The molecule has 0 bridgehead atoms. The van der Waals surface area contributed by atoms with Crippen LogP contribution >= 0.6 is 0 Å². The van der Waals surface area contributed by atoms with Gasteiger partial charge < -0.3 is 16.2 Å². The van der Waals surface area contributed by atoms with Crippen molar-refractivity contribution in [1.82, 2.24) is 5.32 Å². The SMILES string of the molecule is CCCCCCCCNC(N)=NCc1ccc(O)c(F)c1. The number of nitrogens with one attached hydrogen (secondary N) is 1. The van der Waals surface area contributed by atoms with Gasteiger partial charge in [0.2, 0.25) is 0 Å². The van der Waals surface area contributed by atoms with Crippen LogP contribution in [0.15, 0.2) is 23.2 Å². The summed E-state index contributed by atoms with van der Waals surface area (Å²) in [5, 5.41) is 12.1. The number of benzene rings is 1. The van der Waals surface area contributed by atoms with E-state index in [4.69, 9.17) is 10.8 Å². The number of hydrogen-bond donors (Lipinski definition) is 3. The molecule has 1 aromatic carbocycles. The van der Waals surface area contributed by atoms with Crippen molar-refractivity contribution in [1.29, 1.82) is 0 Å². The molecular formula is C16H26FN3O. The standard InChI is InChI=1S/C16H26FN3O/c1-2-3-4-5-6-7-10-19-16(18)20-12-13-8-9-15(21)14(17)11-13/h8-9,11,21H,2-7,10,12H2,1H3,(H3,18,19,20). The van der Waals surface area contributed by atoms with Crippen LogP contribution < -0.4 is 11.1 Å². The zero-order chi connectivity index (χ0) is 15.5. The van der Waals surface area contributed by atoms with Gasteiger partial charge in [0.05, 0.1) is 6.54 Å². The molecule has 0 heterocycles. The number of hydrogen-bond acceptors (Lipinski definition) is 2. The average Bonchev–Trinajstić information content (AvgIpc) is 2.47. The van der Waals surface area contributed by atoms with Crippen molar-refractivity contribution in [3.63, 3.8) is 0 Å². The van der Waals surface area contributed by atoms with Gasteiger partial charge in [-0.1, -0.05) is 45.1 Å². The minimum atomic E-state index is -0.638. The number of phenols is 1. The van der Waals surface area contributed by atoms with Crippen LogP contribution in [0, 0.1) is 5.82 Å². The minimum Gasteiger partial charge on any atom is -0.505 e. The lowest BCUT2D eigenvalue weighted by molar-refractivity contribution is 0.432. The lowest BCUT2D eigenvalue weighted by atomic mass is 10.1. The van der Waals surface area contributed by atoms with Crippen molar-refractivity contribution in [2.75, 3.05) is 6.54 Å². The highest BCUT2D eigenvalue weighted by Gasteiger charge is 2.01. The molecule has 0 atom stereocenters. The van der Waals surface area contributed by atoms with Crippen molar-refractivity contribution in [3.8, 4) is 5.75 Å².